The summed E-state index contributed by atoms with van der Waals surface area (Å²) in [5.74, 6) is 0. The molecule has 2 heteroatoms. The lowest BCUT2D eigenvalue weighted by Gasteiger charge is -2.28. The number of anilines is 3. The van der Waals surface area contributed by atoms with Crippen molar-refractivity contribution in [3.8, 4) is 0 Å². The highest BCUT2D eigenvalue weighted by Crippen LogP contribution is 2.30. The zero-order valence-corrected chi connectivity index (χ0v) is 17.6. The van der Waals surface area contributed by atoms with Gasteiger partial charge in [-0.1, -0.05) is 55.7 Å². The molecule has 148 valence electrons. The van der Waals surface area contributed by atoms with Gasteiger partial charge in [-0.05, 0) is 74.5 Å². The van der Waals surface area contributed by atoms with Crippen molar-refractivity contribution in [2.45, 2.75) is 13.8 Å². The molecule has 0 atom stereocenters. The van der Waals surface area contributed by atoms with Gasteiger partial charge in [-0.25, -0.2) is 0 Å². The molecule has 0 spiro atoms. The minimum absolute atomic E-state index is 0.985. The number of hydrogen-bond donors (Lipinski definition) is 0. The first-order valence-corrected chi connectivity index (χ1v) is 9.76. The van der Waals surface area contributed by atoms with Crippen molar-refractivity contribution in [2.24, 2.45) is 0 Å². The normalized spacial score (nSPS) is 12.4. The quantitative estimate of drug-likeness (QED) is 0.413. The summed E-state index contributed by atoms with van der Waals surface area (Å²) in [7, 11) is 2.08. The van der Waals surface area contributed by atoms with Gasteiger partial charge >= 0.3 is 0 Å². The average molecular weight is 383 g/mol. The molecule has 0 heterocycles. The molecule has 0 aliphatic carbocycles. The molecule has 2 nitrogen and oxygen atoms in total. The largest absolute Gasteiger partial charge is 0.345 e. The summed E-state index contributed by atoms with van der Waals surface area (Å²) in [6.45, 7) is 11.9. The molecule has 0 bridgehead atoms. The lowest BCUT2D eigenvalue weighted by Crippen LogP contribution is -2.20. The van der Waals surface area contributed by atoms with Crippen LogP contribution in [0.4, 0.5) is 17.1 Å². The van der Waals surface area contributed by atoms with Crippen LogP contribution in [0.5, 0.6) is 0 Å². The van der Waals surface area contributed by atoms with E-state index in [4.69, 9.17) is 0 Å². The van der Waals surface area contributed by atoms with Gasteiger partial charge in [0.15, 0.2) is 0 Å². The van der Waals surface area contributed by atoms with Gasteiger partial charge in [0.1, 0.15) is 0 Å². The van der Waals surface area contributed by atoms with E-state index in [1.54, 1.807) is 6.08 Å². The Morgan fingerprint density at radius 1 is 0.759 bits per heavy atom. The van der Waals surface area contributed by atoms with Crippen LogP contribution in [0.1, 0.15) is 13.8 Å². The zero-order chi connectivity index (χ0) is 21.1. The molecular formula is C27H30N2. The monoisotopic (exact) mass is 382 g/mol. The first kappa shape index (κ1) is 21.8. The number of nitrogens with zero attached hydrogens (tertiary/aromatic N) is 2. The standard InChI is InChI=1S/C27H30N2/c1-6-10-16-23(9-4)29(26(14-7-2)15-8-3)27-21-19-25(20-22-27)28(5)24-17-12-11-13-18-24/h6-22H,2,4H2,1,3,5H3/b10-6-,15-8-,23-16+,26-14+. The molecule has 0 aromatic heterocycles. The van der Waals surface area contributed by atoms with Gasteiger partial charge in [0.25, 0.3) is 0 Å². The molecule has 0 radical (unpaired) electrons. The Morgan fingerprint density at radius 2 is 1.38 bits per heavy atom. The van der Waals surface area contributed by atoms with E-state index in [0.29, 0.717) is 0 Å². The topological polar surface area (TPSA) is 6.48 Å². The van der Waals surface area contributed by atoms with E-state index in [9.17, 15) is 0 Å². The summed E-state index contributed by atoms with van der Waals surface area (Å²) in [4.78, 5) is 4.34. The van der Waals surface area contributed by atoms with E-state index in [1.807, 2.05) is 62.4 Å². The molecule has 0 saturated carbocycles. The number of hydrogen-bond acceptors (Lipinski definition) is 2. The Morgan fingerprint density at radius 3 is 1.93 bits per heavy atom. The maximum absolute atomic E-state index is 4.02. The number of para-hydroxylation sites is 1. The van der Waals surface area contributed by atoms with Crippen molar-refractivity contribution in [3.63, 3.8) is 0 Å². The Balaban J connectivity index is 2.49. The second-order valence-electron chi connectivity index (χ2n) is 6.40. The van der Waals surface area contributed by atoms with Crippen LogP contribution in [0.3, 0.4) is 0 Å². The molecule has 0 amide bonds. The minimum Gasteiger partial charge on any atom is -0.345 e. The van der Waals surface area contributed by atoms with Crippen LogP contribution >= 0.6 is 0 Å². The van der Waals surface area contributed by atoms with Crippen molar-refractivity contribution in [1.29, 1.82) is 0 Å². The summed E-state index contributed by atoms with van der Waals surface area (Å²) >= 11 is 0. The highest BCUT2D eigenvalue weighted by molar-refractivity contribution is 5.69. The third kappa shape index (κ3) is 5.73. The Labute approximate surface area is 175 Å². The number of rotatable bonds is 9. The predicted molar refractivity (Wildman–Crippen MR) is 130 cm³/mol. The van der Waals surface area contributed by atoms with E-state index >= 15 is 0 Å². The molecule has 2 rings (SSSR count). The van der Waals surface area contributed by atoms with Crippen molar-refractivity contribution in [2.75, 3.05) is 16.8 Å². The predicted octanol–water partition coefficient (Wildman–Crippen LogP) is 7.55. The molecule has 2 aromatic carbocycles. The second-order valence-corrected chi connectivity index (χ2v) is 6.40. The van der Waals surface area contributed by atoms with Gasteiger partial charge < -0.3 is 9.80 Å². The number of benzene rings is 2. The SMILES string of the molecule is C=C/C=C(\C=C/C)N(/C(C=C)=C/C=C\C)c1ccc(N(C)c2ccccc2)cc1. The van der Waals surface area contributed by atoms with Crippen LogP contribution in [-0.2, 0) is 0 Å². The van der Waals surface area contributed by atoms with E-state index in [0.717, 1.165) is 28.5 Å². The van der Waals surface area contributed by atoms with Gasteiger partial charge in [0, 0.05) is 35.5 Å². The molecule has 2 aromatic rings. The second kappa shape index (κ2) is 11.4. The molecular weight excluding hydrogens is 352 g/mol. The highest BCUT2D eigenvalue weighted by atomic mass is 15.2. The summed E-state index contributed by atoms with van der Waals surface area (Å²) in [6, 6.07) is 18.9. The van der Waals surface area contributed by atoms with Crippen LogP contribution in [0.2, 0.25) is 0 Å². The first-order valence-electron chi connectivity index (χ1n) is 9.76. The van der Waals surface area contributed by atoms with Crippen LogP contribution < -0.4 is 9.80 Å². The van der Waals surface area contributed by atoms with Crippen LogP contribution in [-0.4, -0.2) is 7.05 Å². The molecule has 0 saturated heterocycles. The van der Waals surface area contributed by atoms with E-state index in [2.05, 4.69) is 78.6 Å². The van der Waals surface area contributed by atoms with Gasteiger partial charge in [-0.2, -0.15) is 0 Å². The molecule has 0 fully saturated rings. The fourth-order valence-electron chi connectivity index (χ4n) is 3.00. The van der Waals surface area contributed by atoms with Crippen molar-refractivity contribution in [3.05, 3.63) is 128 Å². The Bertz CT molecular complexity index is 913. The molecule has 0 aliphatic rings. The van der Waals surface area contributed by atoms with Crippen LogP contribution in [0.25, 0.3) is 0 Å². The fraction of sp³-hybridized carbons (Fsp3) is 0.111. The Hall–Kier alpha value is -3.52. The maximum Gasteiger partial charge on any atom is 0.0463 e. The third-order valence-electron chi connectivity index (χ3n) is 4.45. The van der Waals surface area contributed by atoms with Crippen LogP contribution in [0.15, 0.2) is 128 Å². The van der Waals surface area contributed by atoms with E-state index < -0.39 is 0 Å². The molecule has 29 heavy (non-hydrogen) atoms. The maximum atomic E-state index is 4.02. The highest BCUT2D eigenvalue weighted by Gasteiger charge is 2.13. The van der Waals surface area contributed by atoms with Gasteiger partial charge in [-0.3, -0.25) is 0 Å². The lowest BCUT2D eigenvalue weighted by atomic mass is 10.1. The zero-order valence-electron chi connectivity index (χ0n) is 17.6. The average Bonchev–Trinajstić information content (AvgIpc) is 2.77. The first-order chi connectivity index (χ1) is 14.2. The molecule has 0 unspecified atom stereocenters. The van der Waals surface area contributed by atoms with Crippen molar-refractivity contribution >= 4 is 17.1 Å². The van der Waals surface area contributed by atoms with Gasteiger partial charge in [-0.15, -0.1) is 0 Å². The summed E-state index contributed by atoms with van der Waals surface area (Å²) < 4.78 is 0. The van der Waals surface area contributed by atoms with E-state index in [-0.39, 0.29) is 0 Å². The fourth-order valence-corrected chi connectivity index (χ4v) is 3.00. The molecule has 0 aliphatic heterocycles. The van der Waals surface area contributed by atoms with Gasteiger partial charge in [0.2, 0.25) is 0 Å². The van der Waals surface area contributed by atoms with Crippen molar-refractivity contribution < 1.29 is 0 Å². The van der Waals surface area contributed by atoms with Crippen LogP contribution in [0, 0.1) is 0 Å². The third-order valence-corrected chi connectivity index (χ3v) is 4.45. The lowest BCUT2D eigenvalue weighted by molar-refractivity contribution is 1.14. The van der Waals surface area contributed by atoms with Crippen molar-refractivity contribution in [1.82, 2.24) is 0 Å². The Kier molecular flexibility index (Phi) is 8.52. The minimum atomic E-state index is 0.985. The summed E-state index contributed by atoms with van der Waals surface area (Å²) in [5, 5.41) is 0. The molecule has 0 N–H and O–H groups in total. The summed E-state index contributed by atoms with van der Waals surface area (Å²) in [5.41, 5.74) is 5.33. The van der Waals surface area contributed by atoms with E-state index in [1.165, 1.54) is 0 Å². The van der Waals surface area contributed by atoms with Gasteiger partial charge in [0.05, 0.1) is 0 Å². The summed E-state index contributed by atoms with van der Waals surface area (Å²) in [6.07, 6.45) is 15.8. The number of allylic oxidation sites excluding steroid dienone is 8. The smallest absolute Gasteiger partial charge is 0.0463 e.